The molecule has 7 nitrogen and oxygen atoms in total. The number of rotatable bonds is 8. The number of nitrogens with zero attached hydrogens (tertiary/aromatic N) is 2. The summed E-state index contributed by atoms with van der Waals surface area (Å²) in [6, 6.07) is 18.8. The minimum atomic E-state index is -4.07. The monoisotopic (exact) mass is 607 g/mol. The van der Waals surface area contributed by atoms with Crippen LogP contribution in [0.3, 0.4) is 0 Å². The first kappa shape index (κ1) is 25.9. The van der Waals surface area contributed by atoms with Gasteiger partial charge in [-0.1, -0.05) is 45.8 Å². The fourth-order valence-corrected chi connectivity index (χ4v) is 5.59. The molecular formula is C24H23Br2N3O4S. The van der Waals surface area contributed by atoms with Crippen molar-refractivity contribution in [2.45, 2.75) is 18.7 Å². The lowest BCUT2D eigenvalue weighted by Gasteiger charge is -2.24. The van der Waals surface area contributed by atoms with E-state index < -0.39 is 22.5 Å². The zero-order valence-electron chi connectivity index (χ0n) is 18.7. The van der Waals surface area contributed by atoms with Crippen LogP contribution in [0.2, 0.25) is 0 Å². The van der Waals surface area contributed by atoms with Crippen LogP contribution < -0.4 is 14.5 Å². The van der Waals surface area contributed by atoms with E-state index in [9.17, 15) is 13.2 Å². The third-order valence-corrected chi connectivity index (χ3v) is 7.79. The van der Waals surface area contributed by atoms with E-state index in [4.69, 9.17) is 4.74 Å². The predicted octanol–water partition coefficient (Wildman–Crippen LogP) is 5.26. The van der Waals surface area contributed by atoms with Crippen LogP contribution in [-0.2, 0) is 14.8 Å². The number of amides is 1. The largest absolute Gasteiger partial charge is 0.496 e. The lowest BCUT2D eigenvalue weighted by molar-refractivity contribution is -0.119. The Bertz CT molecular complexity index is 1330. The number of hydrogen-bond acceptors (Lipinski definition) is 5. The van der Waals surface area contributed by atoms with Gasteiger partial charge in [0.2, 0.25) is 0 Å². The number of hydrogen-bond donors (Lipinski definition) is 1. The van der Waals surface area contributed by atoms with Crippen molar-refractivity contribution < 1.29 is 17.9 Å². The summed E-state index contributed by atoms with van der Waals surface area (Å²) in [6.45, 7) is 3.20. The summed E-state index contributed by atoms with van der Waals surface area (Å²) in [7, 11) is -2.58. The van der Waals surface area contributed by atoms with E-state index in [0.717, 1.165) is 19.9 Å². The van der Waals surface area contributed by atoms with Crippen molar-refractivity contribution >= 4 is 59.2 Å². The molecule has 0 heterocycles. The van der Waals surface area contributed by atoms with Crippen LogP contribution in [-0.4, -0.2) is 33.7 Å². The number of nitrogens with one attached hydrogen (secondary N) is 1. The molecule has 0 bridgehead atoms. The van der Waals surface area contributed by atoms with Crippen molar-refractivity contribution in [2.24, 2.45) is 5.10 Å². The van der Waals surface area contributed by atoms with E-state index in [-0.39, 0.29) is 4.90 Å². The Morgan fingerprint density at radius 1 is 1.06 bits per heavy atom. The van der Waals surface area contributed by atoms with Crippen LogP contribution in [0.1, 0.15) is 18.1 Å². The molecular weight excluding hydrogens is 586 g/mol. The maximum Gasteiger partial charge on any atom is 0.264 e. The molecule has 0 aromatic heterocycles. The Morgan fingerprint density at radius 3 is 2.38 bits per heavy atom. The lowest BCUT2D eigenvalue weighted by atomic mass is 10.1. The molecule has 0 atom stereocenters. The number of halogens is 2. The van der Waals surface area contributed by atoms with Gasteiger partial charge in [0.05, 0.1) is 27.9 Å². The summed E-state index contributed by atoms with van der Waals surface area (Å²) in [5.41, 5.74) is 5.19. The summed E-state index contributed by atoms with van der Waals surface area (Å²) in [5.74, 6) is -0.0815. The molecule has 0 unspecified atom stereocenters. The first-order chi connectivity index (χ1) is 16.1. The number of anilines is 1. The average Bonchev–Trinajstić information content (AvgIpc) is 2.81. The highest BCUT2D eigenvalue weighted by Crippen LogP contribution is 2.30. The standard InChI is InChI=1S/C24H23Br2N3O4S/c1-16-7-9-20(10-8-16)29(34(31,32)21-11-12-23(33-3)22(26)14-21)15-24(30)28-27-17(2)18-5-4-6-19(25)13-18/h4-14H,15H2,1-3H3,(H,28,30)/b27-17-. The fraction of sp³-hybridized carbons (Fsp3) is 0.167. The number of ether oxygens (including phenoxy) is 1. The van der Waals surface area contributed by atoms with Gasteiger partial charge in [0.25, 0.3) is 15.9 Å². The number of methoxy groups -OCH3 is 1. The van der Waals surface area contributed by atoms with Crippen molar-refractivity contribution in [3.05, 3.63) is 86.8 Å². The maximum absolute atomic E-state index is 13.5. The van der Waals surface area contributed by atoms with Crippen molar-refractivity contribution in [2.75, 3.05) is 18.0 Å². The average molecular weight is 609 g/mol. The first-order valence-electron chi connectivity index (χ1n) is 10.1. The highest BCUT2D eigenvalue weighted by atomic mass is 79.9. The topological polar surface area (TPSA) is 88.1 Å². The molecule has 0 saturated heterocycles. The highest BCUT2D eigenvalue weighted by molar-refractivity contribution is 9.10. The Hall–Kier alpha value is -2.69. The normalized spacial score (nSPS) is 11.7. The van der Waals surface area contributed by atoms with Gasteiger partial charge in [-0.05, 0) is 77.8 Å². The Morgan fingerprint density at radius 2 is 1.76 bits per heavy atom. The minimum Gasteiger partial charge on any atom is -0.496 e. The molecule has 0 spiro atoms. The van der Waals surface area contributed by atoms with Crippen molar-refractivity contribution in [3.8, 4) is 5.75 Å². The van der Waals surface area contributed by atoms with Crippen LogP contribution >= 0.6 is 31.9 Å². The molecule has 1 N–H and O–H groups in total. The van der Waals surface area contributed by atoms with Gasteiger partial charge in [0, 0.05) is 4.47 Å². The molecule has 178 valence electrons. The molecule has 1 amide bonds. The quantitative estimate of drug-likeness (QED) is 0.279. The van der Waals surface area contributed by atoms with E-state index in [1.54, 1.807) is 37.3 Å². The van der Waals surface area contributed by atoms with Crippen LogP contribution in [0.15, 0.2) is 85.7 Å². The molecule has 0 fully saturated rings. The van der Waals surface area contributed by atoms with E-state index in [1.165, 1.54) is 19.2 Å². The third kappa shape index (κ3) is 6.25. The first-order valence-corrected chi connectivity index (χ1v) is 13.2. The van der Waals surface area contributed by atoms with E-state index in [0.29, 0.717) is 21.6 Å². The van der Waals surface area contributed by atoms with Crippen LogP contribution in [0.5, 0.6) is 5.75 Å². The summed E-state index contributed by atoms with van der Waals surface area (Å²) in [5, 5.41) is 4.14. The molecule has 0 radical (unpaired) electrons. The second kappa shape index (κ2) is 11.2. The molecule has 10 heteroatoms. The van der Waals surface area contributed by atoms with E-state index in [2.05, 4.69) is 42.4 Å². The Kier molecular flexibility index (Phi) is 8.51. The molecule has 0 saturated carbocycles. The summed E-state index contributed by atoms with van der Waals surface area (Å²) in [4.78, 5) is 12.8. The number of sulfonamides is 1. The molecule has 34 heavy (non-hydrogen) atoms. The van der Waals surface area contributed by atoms with Crippen LogP contribution in [0.4, 0.5) is 5.69 Å². The van der Waals surface area contributed by atoms with Gasteiger partial charge in [-0.15, -0.1) is 0 Å². The fourth-order valence-electron chi connectivity index (χ4n) is 3.05. The van der Waals surface area contributed by atoms with Crippen LogP contribution in [0, 0.1) is 6.92 Å². The number of carbonyl (C=O) groups excluding carboxylic acids is 1. The van der Waals surface area contributed by atoms with Crippen molar-refractivity contribution in [1.29, 1.82) is 0 Å². The molecule has 3 aromatic rings. The number of benzene rings is 3. The van der Waals surface area contributed by atoms with Crippen molar-refractivity contribution in [1.82, 2.24) is 5.43 Å². The van der Waals surface area contributed by atoms with Gasteiger partial charge in [-0.3, -0.25) is 9.10 Å². The Balaban J connectivity index is 1.90. The second-order valence-corrected chi connectivity index (χ2v) is 11.0. The molecule has 0 aliphatic carbocycles. The second-order valence-electron chi connectivity index (χ2n) is 7.39. The summed E-state index contributed by atoms with van der Waals surface area (Å²) in [6.07, 6.45) is 0. The molecule has 0 aliphatic rings. The van der Waals surface area contributed by atoms with Gasteiger partial charge in [0.1, 0.15) is 12.3 Å². The van der Waals surface area contributed by atoms with Crippen LogP contribution in [0.25, 0.3) is 0 Å². The zero-order valence-corrected chi connectivity index (χ0v) is 22.7. The number of hydrazone groups is 1. The van der Waals surface area contributed by atoms with Crippen molar-refractivity contribution in [3.63, 3.8) is 0 Å². The van der Waals surface area contributed by atoms with Gasteiger partial charge < -0.3 is 4.74 Å². The van der Waals surface area contributed by atoms with Gasteiger partial charge in [-0.2, -0.15) is 5.10 Å². The van der Waals surface area contributed by atoms with E-state index in [1.807, 2.05) is 31.2 Å². The van der Waals surface area contributed by atoms with Gasteiger partial charge in [0.15, 0.2) is 0 Å². The SMILES string of the molecule is COc1ccc(S(=O)(=O)N(CC(=O)N/N=C(/C)c2cccc(Br)c2)c2ccc(C)cc2)cc1Br. The number of carbonyl (C=O) groups is 1. The number of aryl methyl sites for hydroxylation is 1. The predicted molar refractivity (Wildman–Crippen MR) is 141 cm³/mol. The smallest absolute Gasteiger partial charge is 0.264 e. The van der Waals surface area contributed by atoms with Gasteiger partial charge in [-0.25, -0.2) is 13.8 Å². The molecule has 3 aromatic carbocycles. The summed E-state index contributed by atoms with van der Waals surface area (Å²) >= 11 is 6.73. The lowest BCUT2D eigenvalue weighted by Crippen LogP contribution is -2.39. The Labute approximate surface area is 216 Å². The zero-order chi connectivity index (χ0) is 24.9. The molecule has 0 aliphatic heterocycles. The van der Waals surface area contributed by atoms with E-state index >= 15 is 0 Å². The minimum absolute atomic E-state index is 0.0161. The van der Waals surface area contributed by atoms with Gasteiger partial charge >= 0.3 is 0 Å². The molecule has 3 rings (SSSR count). The summed E-state index contributed by atoms with van der Waals surface area (Å²) < 4.78 is 34.7. The third-order valence-electron chi connectivity index (χ3n) is 4.91. The highest BCUT2D eigenvalue weighted by Gasteiger charge is 2.28. The maximum atomic E-state index is 13.5.